The summed E-state index contributed by atoms with van der Waals surface area (Å²) in [4.78, 5) is 49.7. The van der Waals surface area contributed by atoms with Gasteiger partial charge in [0.25, 0.3) is 0 Å². The van der Waals surface area contributed by atoms with Crippen LogP contribution >= 0.6 is 11.3 Å². The van der Waals surface area contributed by atoms with Gasteiger partial charge in [0.05, 0.1) is 54.1 Å². The zero-order chi connectivity index (χ0) is 50.5. The Hall–Kier alpha value is -4.93. The fourth-order valence-electron chi connectivity index (χ4n) is 10.1. The highest BCUT2D eigenvalue weighted by molar-refractivity contribution is 7.13. The van der Waals surface area contributed by atoms with Crippen LogP contribution in [0.4, 0.5) is 13.2 Å². The molecule has 15 heteroatoms. The van der Waals surface area contributed by atoms with Gasteiger partial charge < -0.3 is 29.5 Å². The number of ketones is 1. The molecule has 2 amide bonds. The van der Waals surface area contributed by atoms with E-state index in [2.05, 4.69) is 16.4 Å². The highest BCUT2D eigenvalue weighted by Crippen LogP contribution is 2.50. The number of fused-ring (bicyclic) bond motifs is 2. The first-order valence-corrected chi connectivity index (χ1v) is 25.4. The minimum atomic E-state index is -1.58. The highest BCUT2D eigenvalue weighted by Gasteiger charge is 2.45. The summed E-state index contributed by atoms with van der Waals surface area (Å²) in [5, 5.41) is 13.7. The third-order valence-electron chi connectivity index (χ3n) is 13.7. The smallest absolute Gasteiger partial charge is 0.243 e. The minimum Gasteiger partial charge on any atom is -0.493 e. The Morgan fingerprint density at radius 2 is 1.64 bits per heavy atom. The summed E-state index contributed by atoms with van der Waals surface area (Å²) in [6.45, 7) is 15.2. The molecule has 4 aromatic rings. The van der Waals surface area contributed by atoms with Gasteiger partial charge in [0, 0.05) is 62.2 Å². The quantitative estimate of drug-likeness (QED) is 0.0784. The van der Waals surface area contributed by atoms with Crippen LogP contribution in [-0.2, 0) is 30.3 Å². The number of likely N-dealkylation sites (tertiary alicyclic amines) is 1. The van der Waals surface area contributed by atoms with Gasteiger partial charge in [-0.25, -0.2) is 18.2 Å². The number of aliphatic hydroxyl groups excluding tert-OH is 1. The van der Waals surface area contributed by atoms with Crippen LogP contribution in [0.5, 0.6) is 5.75 Å². The molecule has 1 aromatic heterocycles. The molecule has 1 fully saturated rings. The summed E-state index contributed by atoms with van der Waals surface area (Å²) >= 11 is 1.57. The van der Waals surface area contributed by atoms with Crippen molar-refractivity contribution in [3.05, 3.63) is 111 Å². The predicted octanol–water partition coefficient (Wildman–Crippen LogP) is 9.94. The Morgan fingerprint density at radius 3 is 2.31 bits per heavy atom. The average Bonchev–Trinajstić information content (AvgIpc) is 4.02. The van der Waals surface area contributed by atoms with E-state index in [9.17, 15) is 19.5 Å². The van der Waals surface area contributed by atoms with Crippen molar-refractivity contribution in [3.63, 3.8) is 0 Å². The molecule has 0 radical (unpaired) electrons. The van der Waals surface area contributed by atoms with Gasteiger partial charge >= 0.3 is 0 Å². The first-order valence-electron chi connectivity index (χ1n) is 24.5. The third kappa shape index (κ3) is 12.7. The van der Waals surface area contributed by atoms with Crippen LogP contribution in [0.2, 0.25) is 0 Å². The van der Waals surface area contributed by atoms with Crippen molar-refractivity contribution in [2.45, 2.75) is 130 Å². The molecule has 0 saturated carbocycles. The Balaban J connectivity index is 0.829. The zero-order valence-corrected chi connectivity index (χ0v) is 42.6. The predicted molar refractivity (Wildman–Crippen MR) is 266 cm³/mol. The molecule has 2 aliphatic heterocycles. The van der Waals surface area contributed by atoms with Gasteiger partial charge in [-0.2, -0.15) is 0 Å². The molecule has 0 spiro atoms. The molecule has 3 heterocycles. The van der Waals surface area contributed by atoms with Crippen molar-refractivity contribution in [1.82, 2.24) is 20.1 Å². The number of halogens is 3. The van der Waals surface area contributed by atoms with Crippen molar-refractivity contribution in [2.24, 2.45) is 11.3 Å². The maximum absolute atomic E-state index is 16.1. The summed E-state index contributed by atoms with van der Waals surface area (Å²) in [5.74, 6) is -3.13. The van der Waals surface area contributed by atoms with Gasteiger partial charge in [-0.15, -0.1) is 11.3 Å². The van der Waals surface area contributed by atoms with E-state index < -0.39 is 46.8 Å². The molecule has 3 aromatic carbocycles. The number of alkyl halides is 1. The molecule has 1 saturated heterocycles. The number of benzene rings is 3. The number of hydrogen-bond acceptors (Lipinski definition) is 10. The zero-order valence-electron chi connectivity index (χ0n) is 41.8. The second-order valence-corrected chi connectivity index (χ2v) is 21.7. The van der Waals surface area contributed by atoms with Gasteiger partial charge in [-0.05, 0) is 99.1 Å². The lowest BCUT2D eigenvalue weighted by Gasteiger charge is -2.44. The normalized spacial score (nSPS) is 20.3. The molecule has 11 nitrogen and oxygen atoms in total. The fraction of sp³-hybridized carbons (Fsp3) is 0.527. The van der Waals surface area contributed by atoms with Crippen LogP contribution in [0.15, 0.2) is 71.7 Å². The number of thiazole rings is 1. The number of Topliss-reactive ketones (excluding diaryl/α,β-unsaturated/α-hetero) is 1. The number of ether oxygens (including phenoxy) is 3. The number of hydrogen-bond donors (Lipinski definition) is 2. The largest absolute Gasteiger partial charge is 0.493 e. The van der Waals surface area contributed by atoms with Crippen LogP contribution in [-0.4, -0.2) is 107 Å². The lowest BCUT2D eigenvalue weighted by atomic mass is 9.77. The van der Waals surface area contributed by atoms with E-state index in [0.29, 0.717) is 32.3 Å². The third-order valence-corrected chi connectivity index (χ3v) is 14.7. The van der Waals surface area contributed by atoms with E-state index in [4.69, 9.17) is 14.2 Å². The summed E-state index contributed by atoms with van der Waals surface area (Å²) < 4.78 is 64.4. The lowest BCUT2D eigenvalue weighted by molar-refractivity contribution is -0.147. The number of aryl methyl sites for hydroxylation is 1. The van der Waals surface area contributed by atoms with Gasteiger partial charge in [0.1, 0.15) is 35.7 Å². The van der Waals surface area contributed by atoms with Crippen molar-refractivity contribution in [1.29, 1.82) is 0 Å². The summed E-state index contributed by atoms with van der Waals surface area (Å²) in [6, 6.07) is 16.2. The highest BCUT2D eigenvalue weighted by atomic mass is 32.1. The first kappa shape index (κ1) is 52.9. The van der Waals surface area contributed by atoms with E-state index in [1.54, 1.807) is 11.3 Å². The van der Waals surface area contributed by atoms with Crippen LogP contribution in [0.3, 0.4) is 0 Å². The average molecular weight is 987 g/mol. The monoisotopic (exact) mass is 986 g/mol. The molecule has 70 heavy (non-hydrogen) atoms. The molecule has 0 bridgehead atoms. The van der Waals surface area contributed by atoms with Crippen molar-refractivity contribution >= 4 is 34.5 Å². The summed E-state index contributed by atoms with van der Waals surface area (Å²) in [6.07, 6.45) is 1.52. The van der Waals surface area contributed by atoms with Gasteiger partial charge in [-0.3, -0.25) is 19.3 Å². The number of unbranched alkanes of at least 4 members (excludes halogenated alkanes) is 1. The first-order chi connectivity index (χ1) is 33.2. The van der Waals surface area contributed by atoms with Crippen molar-refractivity contribution in [2.75, 3.05) is 46.1 Å². The maximum Gasteiger partial charge on any atom is 0.243 e. The number of carbonyl (C=O) groups is 3. The van der Waals surface area contributed by atoms with Crippen LogP contribution in [0.1, 0.15) is 121 Å². The molecule has 7 rings (SSSR count). The SMILES string of the molecule is Cc1ncsc1-c1ccc([C@H](C)NC(=O)[C@@H]2C[C@@H](O)CN2C(=O)[C@@H](CC(=O)COCCOCCCCOc2cc(F)c([C@@H]3C4=C(C[C@@H](C)N3CC(C)(C)F)c3ccccc3C4)c(F)c2)C(C)(C)C)cc1. The number of rotatable bonds is 21. The van der Waals surface area contributed by atoms with E-state index >= 15 is 13.2 Å². The molecule has 1 aliphatic carbocycles. The molecule has 378 valence electrons. The summed E-state index contributed by atoms with van der Waals surface area (Å²) in [5.41, 5.74) is 6.63. The van der Waals surface area contributed by atoms with Gasteiger partial charge in [-0.1, -0.05) is 69.3 Å². The van der Waals surface area contributed by atoms with Gasteiger partial charge in [0.2, 0.25) is 11.8 Å². The van der Waals surface area contributed by atoms with Crippen LogP contribution < -0.4 is 10.1 Å². The minimum absolute atomic E-state index is 0.00407. The van der Waals surface area contributed by atoms with E-state index in [1.807, 2.05) is 94.4 Å². The number of aromatic nitrogens is 1. The van der Waals surface area contributed by atoms with E-state index in [-0.39, 0.29) is 93.4 Å². The van der Waals surface area contributed by atoms with Crippen LogP contribution in [0.25, 0.3) is 16.0 Å². The molecule has 3 aliphatic rings. The number of β-amino-alcohol motifs (C(OH)–C–C–N with tert-alkyl or cyclic N) is 1. The Morgan fingerprint density at radius 1 is 0.957 bits per heavy atom. The number of nitrogens with zero attached hydrogens (tertiary/aromatic N) is 3. The number of carbonyl (C=O) groups excluding carboxylic acids is 3. The van der Waals surface area contributed by atoms with Gasteiger partial charge in [0.15, 0.2) is 5.78 Å². The number of nitrogens with one attached hydrogen (secondary N) is 1. The number of amides is 2. The molecular formula is C55H69F3N4O7S. The Kier molecular flexibility index (Phi) is 17.1. The maximum atomic E-state index is 16.1. The van der Waals surface area contributed by atoms with E-state index in [1.165, 1.54) is 30.9 Å². The summed E-state index contributed by atoms with van der Waals surface area (Å²) in [7, 11) is 0. The number of aliphatic hydroxyl groups is 1. The Labute approximate surface area is 414 Å². The van der Waals surface area contributed by atoms with Crippen molar-refractivity contribution in [3.8, 4) is 16.2 Å². The molecule has 6 atom stereocenters. The second kappa shape index (κ2) is 22.7. The molecule has 0 unspecified atom stereocenters. The second-order valence-electron chi connectivity index (χ2n) is 20.9. The van der Waals surface area contributed by atoms with Crippen LogP contribution in [0, 0.1) is 29.9 Å². The van der Waals surface area contributed by atoms with E-state index in [0.717, 1.165) is 44.0 Å². The molecule has 2 N–H and O–H groups in total. The van der Waals surface area contributed by atoms with Crippen molar-refractivity contribution < 1.29 is 46.9 Å². The topological polar surface area (TPSA) is 131 Å². The molecular weight excluding hydrogens is 918 g/mol. The fourth-order valence-corrected chi connectivity index (χ4v) is 10.9. The Bertz CT molecular complexity index is 2490. The standard InChI is InChI=1S/C55H69F3N4O7S/c1-33-23-43-42-14-10-9-13-38(42)24-44(43)50(62(33)31-55(7,8)58)49-46(56)27-41(28-47(49)57)69-20-12-11-19-67-21-22-68-30-40(64)25-45(54(4,5)6)53(66)61-29-39(63)26-48(61)52(65)60-34(2)36-15-17-37(18-16-36)51-35(3)59-32-70-51/h9-10,13-18,27-28,32-34,39,45,48,50,63H,11-12,19-26,29-31H2,1-8H3,(H,60,65)/t33-,34+,39-,45-,48+,50+/m1/s1. The lowest BCUT2D eigenvalue weighted by Crippen LogP contribution is -2.50.